The second kappa shape index (κ2) is 5.43. The second-order valence-electron chi connectivity index (χ2n) is 4.44. The zero-order valence-electron chi connectivity index (χ0n) is 10.2. The Hall–Kier alpha value is -2.50. The average molecular weight is 259 g/mol. The summed E-state index contributed by atoms with van der Waals surface area (Å²) in [5.41, 5.74) is 4.24. The number of carbonyl (C=O) groups excluding carboxylic acids is 1. The van der Waals surface area contributed by atoms with Crippen molar-refractivity contribution in [3.05, 3.63) is 52.1 Å². The van der Waals surface area contributed by atoms with Crippen LogP contribution in [0.5, 0.6) is 0 Å². The highest BCUT2D eigenvalue weighted by Gasteiger charge is 2.27. The molecule has 1 aromatic rings. The quantitative estimate of drug-likeness (QED) is 0.388. The minimum Gasteiger partial charge on any atom is -0.273 e. The smallest absolute Gasteiger partial charge is 0.269 e. The van der Waals surface area contributed by atoms with Crippen molar-refractivity contribution in [3.63, 3.8) is 0 Å². The van der Waals surface area contributed by atoms with Gasteiger partial charge in [0.2, 0.25) is 5.91 Å². The van der Waals surface area contributed by atoms with Gasteiger partial charge in [-0.3, -0.25) is 14.9 Å². The Labute approximate surface area is 110 Å². The highest BCUT2D eigenvalue weighted by molar-refractivity contribution is 5.84. The predicted octanol–water partition coefficient (Wildman–Crippen LogP) is 2.01. The molecule has 2 rings (SSSR count). The molecule has 0 bridgehead atoms. The van der Waals surface area contributed by atoms with Crippen LogP contribution in [0.4, 0.5) is 5.69 Å². The number of hydrogen-bond acceptors (Lipinski definition) is 4. The van der Waals surface area contributed by atoms with Crippen molar-refractivity contribution in [1.82, 2.24) is 5.43 Å². The summed E-state index contributed by atoms with van der Waals surface area (Å²) >= 11 is 0. The van der Waals surface area contributed by atoms with E-state index in [1.54, 1.807) is 12.1 Å². The van der Waals surface area contributed by atoms with E-state index >= 15 is 0 Å². The molecule has 0 heterocycles. The lowest BCUT2D eigenvalue weighted by Crippen LogP contribution is -2.32. The molecule has 0 aliphatic heterocycles. The van der Waals surface area contributed by atoms with Crippen LogP contribution < -0.4 is 5.43 Å². The highest BCUT2D eigenvalue weighted by Crippen LogP contribution is 2.31. The summed E-state index contributed by atoms with van der Waals surface area (Å²) in [6.07, 6.45) is 2.90. The van der Waals surface area contributed by atoms with E-state index in [4.69, 9.17) is 0 Å². The van der Waals surface area contributed by atoms with Gasteiger partial charge in [0.25, 0.3) is 5.69 Å². The molecule has 1 aromatic carbocycles. The number of nitrogens with one attached hydrogen (secondary N) is 1. The van der Waals surface area contributed by atoms with Crippen molar-refractivity contribution in [3.8, 4) is 0 Å². The third-order valence-electron chi connectivity index (χ3n) is 2.93. The SMILES string of the molecule is C=C1CC(C(=O)NN=Cc2ccc([N+](=O)[O-])cc2)C1. The molecule has 19 heavy (non-hydrogen) atoms. The first-order chi connectivity index (χ1) is 9.06. The Morgan fingerprint density at radius 2 is 2.05 bits per heavy atom. The Kier molecular flexibility index (Phi) is 3.70. The van der Waals surface area contributed by atoms with Gasteiger partial charge in [0.15, 0.2) is 0 Å². The summed E-state index contributed by atoms with van der Waals surface area (Å²) < 4.78 is 0. The van der Waals surface area contributed by atoms with E-state index in [0.717, 1.165) is 18.4 Å². The topological polar surface area (TPSA) is 84.6 Å². The lowest BCUT2D eigenvalue weighted by Gasteiger charge is -2.25. The average Bonchev–Trinajstić information content (AvgIpc) is 2.35. The van der Waals surface area contributed by atoms with Crippen LogP contribution in [0.2, 0.25) is 0 Å². The van der Waals surface area contributed by atoms with Gasteiger partial charge in [-0.25, -0.2) is 5.43 Å². The first-order valence-corrected chi connectivity index (χ1v) is 5.80. The molecule has 1 aliphatic carbocycles. The summed E-state index contributed by atoms with van der Waals surface area (Å²) in [6, 6.07) is 5.91. The lowest BCUT2D eigenvalue weighted by atomic mass is 9.81. The molecule has 1 aliphatic rings. The van der Waals surface area contributed by atoms with E-state index in [0.29, 0.717) is 5.56 Å². The maximum Gasteiger partial charge on any atom is 0.269 e. The zero-order valence-corrected chi connectivity index (χ0v) is 10.2. The molecule has 1 N–H and O–H groups in total. The summed E-state index contributed by atoms with van der Waals surface area (Å²) in [5, 5.41) is 14.3. The van der Waals surface area contributed by atoms with Crippen LogP contribution in [0.15, 0.2) is 41.5 Å². The first kappa shape index (κ1) is 12.9. The number of rotatable bonds is 4. The molecule has 98 valence electrons. The van der Waals surface area contributed by atoms with Crippen LogP contribution in [-0.2, 0) is 4.79 Å². The van der Waals surface area contributed by atoms with Crippen LogP contribution in [-0.4, -0.2) is 17.0 Å². The van der Waals surface area contributed by atoms with Gasteiger partial charge >= 0.3 is 0 Å². The van der Waals surface area contributed by atoms with Gasteiger partial charge in [-0.05, 0) is 30.5 Å². The Morgan fingerprint density at radius 3 is 2.58 bits per heavy atom. The van der Waals surface area contributed by atoms with Crippen molar-refractivity contribution < 1.29 is 9.72 Å². The van der Waals surface area contributed by atoms with E-state index in [2.05, 4.69) is 17.1 Å². The van der Waals surface area contributed by atoms with Crippen LogP contribution in [0.1, 0.15) is 18.4 Å². The van der Waals surface area contributed by atoms with Gasteiger partial charge in [-0.15, -0.1) is 0 Å². The van der Waals surface area contributed by atoms with Gasteiger partial charge in [0, 0.05) is 18.1 Å². The fraction of sp³-hybridized carbons (Fsp3) is 0.231. The molecule has 0 spiro atoms. The van der Waals surface area contributed by atoms with Crippen LogP contribution >= 0.6 is 0 Å². The number of allylic oxidation sites excluding steroid dienone is 1. The summed E-state index contributed by atoms with van der Waals surface area (Å²) in [5.74, 6) is -0.146. The van der Waals surface area contributed by atoms with Crippen molar-refractivity contribution >= 4 is 17.8 Å². The summed E-state index contributed by atoms with van der Waals surface area (Å²) in [4.78, 5) is 21.5. The van der Waals surface area contributed by atoms with E-state index < -0.39 is 4.92 Å². The molecule has 1 amide bonds. The second-order valence-corrected chi connectivity index (χ2v) is 4.44. The monoisotopic (exact) mass is 259 g/mol. The largest absolute Gasteiger partial charge is 0.273 e. The molecular weight excluding hydrogens is 246 g/mol. The van der Waals surface area contributed by atoms with Gasteiger partial charge in [0.1, 0.15) is 0 Å². The van der Waals surface area contributed by atoms with Crippen LogP contribution in [0.3, 0.4) is 0 Å². The number of carbonyl (C=O) groups is 1. The van der Waals surface area contributed by atoms with Crippen molar-refractivity contribution in [2.24, 2.45) is 11.0 Å². The van der Waals surface area contributed by atoms with E-state index in [1.807, 2.05) is 0 Å². The van der Waals surface area contributed by atoms with Crippen molar-refractivity contribution in [2.75, 3.05) is 0 Å². The van der Waals surface area contributed by atoms with Crippen LogP contribution in [0, 0.1) is 16.0 Å². The number of nitrogens with zero attached hydrogens (tertiary/aromatic N) is 2. The zero-order chi connectivity index (χ0) is 13.8. The molecule has 0 saturated heterocycles. The van der Waals surface area contributed by atoms with Crippen molar-refractivity contribution in [1.29, 1.82) is 0 Å². The molecule has 0 radical (unpaired) electrons. The fourth-order valence-electron chi connectivity index (χ4n) is 1.77. The number of nitro groups is 1. The first-order valence-electron chi connectivity index (χ1n) is 5.80. The molecule has 6 heteroatoms. The number of hydrazone groups is 1. The standard InChI is InChI=1S/C13H13N3O3/c1-9-6-11(7-9)13(17)15-14-8-10-2-4-12(5-3-10)16(18)19/h2-5,8,11H,1,6-7H2,(H,15,17). The third kappa shape index (κ3) is 3.25. The van der Waals surface area contributed by atoms with Gasteiger partial charge < -0.3 is 0 Å². The maximum atomic E-state index is 11.5. The minimum absolute atomic E-state index is 0.0224. The van der Waals surface area contributed by atoms with Gasteiger partial charge in [0.05, 0.1) is 11.1 Å². The Bertz CT molecular complexity index is 541. The molecule has 1 fully saturated rings. The molecule has 6 nitrogen and oxygen atoms in total. The molecule has 0 atom stereocenters. The molecule has 0 aromatic heterocycles. The van der Waals surface area contributed by atoms with E-state index in [1.165, 1.54) is 18.3 Å². The third-order valence-corrected chi connectivity index (χ3v) is 2.93. The summed E-state index contributed by atoms with van der Waals surface area (Å²) in [7, 11) is 0. The fourth-order valence-corrected chi connectivity index (χ4v) is 1.77. The minimum atomic E-state index is -0.466. The highest BCUT2D eigenvalue weighted by atomic mass is 16.6. The van der Waals surface area contributed by atoms with E-state index in [9.17, 15) is 14.9 Å². The maximum absolute atomic E-state index is 11.5. The summed E-state index contributed by atoms with van der Waals surface area (Å²) in [6.45, 7) is 3.77. The number of amides is 1. The Balaban J connectivity index is 1.86. The van der Waals surface area contributed by atoms with Gasteiger partial charge in [-0.1, -0.05) is 12.2 Å². The van der Waals surface area contributed by atoms with Gasteiger partial charge in [-0.2, -0.15) is 5.10 Å². The molecule has 0 unspecified atom stereocenters. The lowest BCUT2D eigenvalue weighted by molar-refractivity contribution is -0.384. The normalized spacial score (nSPS) is 15.3. The Morgan fingerprint density at radius 1 is 1.42 bits per heavy atom. The number of non-ortho nitro benzene ring substituents is 1. The molecule has 1 saturated carbocycles. The number of nitro benzene ring substituents is 1. The number of benzene rings is 1. The number of hydrogen-bond donors (Lipinski definition) is 1. The van der Waals surface area contributed by atoms with Crippen molar-refractivity contribution in [2.45, 2.75) is 12.8 Å². The van der Waals surface area contributed by atoms with E-state index in [-0.39, 0.29) is 17.5 Å². The van der Waals surface area contributed by atoms with Crippen LogP contribution in [0.25, 0.3) is 0 Å². The molecular formula is C13H13N3O3. The predicted molar refractivity (Wildman–Crippen MR) is 70.7 cm³/mol.